The van der Waals surface area contributed by atoms with E-state index in [0.29, 0.717) is 6.54 Å². The Morgan fingerprint density at radius 2 is 1.76 bits per heavy atom. The van der Waals surface area contributed by atoms with Crippen molar-refractivity contribution in [1.29, 1.82) is 0 Å². The molecule has 2 N–H and O–H groups in total. The van der Waals surface area contributed by atoms with Gasteiger partial charge in [-0.1, -0.05) is 34.1 Å². The number of rotatable bonds is 6. The molecule has 0 aliphatic heterocycles. The van der Waals surface area contributed by atoms with Crippen molar-refractivity contribution in [2.24, 2.45) is 0 Å². The van der Waals surface area contributed by atoms with Crippen LogP contribution in [0.4, 0.5) is 0 Å². The molecular weight excluding hydrogens is 330 g/mol. The Labute approximate surface area is 134 Å². The van der Waals surface area contributed by atoms with Crippen molar-refractivity contribution >= 4 is 15.9 Å². The van der Waals surface area contributed by atoms with Crippen LogP contribution >= 0.6 is 15.9 Å². The minimum Gasteiger partial charge on any atom is -0.508 e. The molecule has 2 aromatic rings. The van der Waals surface area contributed by atoms with Gasteiger partial charge in [0.25, 0.3) is 0 Å². The first-order valence-corrected chi connectivity index (χ1v) is 7.72. The molecule has 2 aromatic carbocycles. The number of likely N-dealkylation sites (N-methyl/N-ethyl adjacent to an activating group) is 1. The van der Waals surface area contributed by atoms with Gasteiger partial charge >= 0.3 is 0 Å². The molecule has 0 atom stereocenters. The van der Waals surface area contributed by atoms with Crippen molar-refractivity contribution < 1.29 is 10.2 Å². The minimum absolute atomic E-state index is 0.167. The summed E-state index contributed by atoms with van der Waals surface area (Å²) in [6.07, 6.45) is 0.821. The van der Waals surface area contributed by atoms with E-state index >= 15 is 0 Å². The molecule has 21 heavy (non-hydrogen) atoms. The van der Waals surface area contributed by atoms with Gasteiger partial charge in [0.15, 0.2) is 0 Å². The lowest BCUT2D eigenvalue weighted by atomic mass is 9.99. The number of phenols is 1. The van der Waals surface area contributed by atoms with Gasteiger partial charge < -0.3 is 10.2 Å². The number of aliphatic hydroxyl groups is 1. The maximum absolute atomic E-state index is 9.36. The fraction of sp³-hybridized carbons (Fsp3) is 0.294. The van der Waals surface area contributed by atoms with Crippen molar-refractivity contribution in [3.05, 3.63) is 63.6 Å². The van der Waals surface area contributed by atoms with Crippen molar-refractivity contribution in [2.45, 2.75) is 13.0 Å². The zero-order valence-corrected chi connectivity index (χ0v) is 13.7. The van der Waals surface area contributed by atoms with E-state index in [2.05, 4.69) is 33.0 Å². The molecule has 0 aromatic heterocycles. The average molecular weight is 350 g/mol. The summed E-state index contributed by atoms with van der Waals surface area (Å²) >= 11 is 3.52. The van der Waals surface area contributed by atoms with Crippen molar-refractivity contribution in [3.8, 4) is 5.75 Å². The fourth-order valence-corrected chi connectivity index (χ4v) is 2.70. The largest absolute Gasteiger partial charge is 0.508 e. The van der Waals surface area contributed by atoms with Crippen LogP contribution < -0.4 is 0 Å². The smallest absolute Gasteiger partial charge is 0.115 e. The fourth-order valence-electron chi connectivity index (χ4n) is 2.29. The third-order valence-corrected chi connectivity index (χ3v) is 3.91. The van der Waals surface area contributed by atoms with Crippen molar-refractivity contribution in [1.82, 2.24) is 4.90 Å². The third-order valence-electron chi connectivity index (χ3n) is 3.42. The van der Waals surface area contributed by atoms with Crippen LogP contribution in [0.25, 0.3) is 0 Å². The van der Waals surface area contributed by atoms with E-state index in [1.165, 1.54) is 11.1 Å². The van der Waals surface area contributed by atoms with Gasteiger partial charge in [0.2, 0.25) is 0 Å². The highest BCUT2D eigenvalue weighted by Gasteiger charge is 2.07. The maximum atomic E-state index is 9.36. The molecule has 0 saturated carbocycles. The van der Waals surface area contributed by atoms with Gasteiger partial charge in [-0.3, -0.25) is 4.90 Å². The molecular formula is C17H20BrNO2. The first-order chi connectivity index (χ1) is 10.1. The Morgan fingerprint density at radius 1 is 1.05 bits per heavy atom. The molecule has 0 unspecified atom stereocenters. The Balaban J connectivity index is 2.20. The summed E-state index contributed by atoms with van der Waals surface area (Å²) in [5.41, 5.74) is 3.67. The molecule has 0 bridgehead atoms. The summed E-state index contributed by atoms with van der Waals surface area (Å²) in [6, 6.07) is 13.6. The maximum Gasteiger partial charge on any atom is 0.115 e. The Kier molecular flexibility index (Phi) is 5.79. The zero-order chi connectivity index (χ0) is 15.2. The topological polar surface area (TPSA) is 43.7 Å². The number of aliphatic hydroxyl groups excluding tert-OH is 1. The highest BCUT2D eigenvalue weighted by Crippen LogP contribution is 2.22. The molecule has 2 rings (SSSR count). The van der Waals surface area contributed by atoms with Crippen LogP contribution in [-0.4, -0.2) is 35.3 Å². The number of halogens is 1. The van der Waals surface area contributed by atoms with E-state index in [1.54, 1.807) is 12.1 Å². The van der Waals surface area contributed by atoms with Crippen molar-refractivity contribution in [2.75, 3.05) is 20.2 Å². The Morgan fingerprint density at radius 3 is 2.43 bits per heavy atom. The summed E-state index contributed by atoms with van der Waals surface area (Å²) in [5, 5.41) is 18.4. The molecule has 0 fully saturated rings. The van der Waals surface area contributed by atoms with Gasteiger partial charge in [0.05, 0.1) is 6.61 Å². The molecule has 0 saturated heterocycles. The zero-order valence-electron chi connectivity index (χ0n) is 12.1. The van der Waals surface area contributed by atoms with Gasteiger partial charge in [0, 0.05) is 17.6 Å². The van der Waals surface area contributed by atoms with Crippen molar-refractivity contribution in [3.63, 3.8) is 0 Å². The van der Waals surface area contributed by atoms with Gasteiger partial charge in [0.1, 0.15) is 5.75 Å². The van der Waals surface area contributed by atoms with Gasteiger partial charge in [-0.2, -0.15) is 0 Å². The van der Waals surface area contributed by atoms with Crippen LogP contribution in [-0.2, 0) is 13.0 Å². The highest BCUT2D eigenvalue weighted by atomic mass is 79.9. The summed E-state index contributed by atoms with van der Waals surface area (Å²) in [7, 11) is 2.00. The second-order valence-corrected chi connectivity index (χ2v) is 6.13. The number of nitrogens with zero attached hydrogens (tertiary/aromatic N) is 1. The lowest BCUT2D eigenvalue weighted by Gasteiger charge is -2.18. The number of benzene rings is 2. The number of aromatic hydroxyl groups is 1. The molecule has 0 aliphatic carbocycles. The van der Waals surface area contributed by atoms with Gasteiger partial charge in [-0.15, -0.1) is 0 Å². The summed E-state index contributed by atoms with van der Waals surface area (Å²) < 4.78 is 1.06. The average Bonchev–Trinajstić information content (AvgIpc) is 2.45. The van der Waals surface area contributed by atoms with Gasteiger partial charge in [-0.05, 0) is 54.4 Å². The quantitative estimate of drug-likeness (QED) is 0.841. The van der Waals surface area contributed by atoms with E-state index in [0.717, 1.165) is 23.0 Å². The number of phenolic OH excluding ortho intramolecular Hbond substituents is 1. The van der Waals surface area contributed by atoms with E-state index < -0.39 is 0 Å². The molecule has 0 amide bonds. The lowest BCUT2D eigenvalue weighted by molar-refractivity contribution is 0.217. The Bertz CT molecular complexity index is 584. The molecule has 0 aliphatic rings. The predicted molar refractivity (Wildman–Crippen MR) is 88.5 cm³/mol. The first kappa shape index (κ1) is 16.0. The standard InChI is InChI=1S/C17H20BrNO2/c1-19(8-9-20)12-14-4-5-16(18)11-15(14)10-13-2-6-17(21)7-3-13/h2-7,11,20-21H,8-10,12H2,1H3. The SMILES string of the molecule is CN(CCO)Cc1ccc(Br)cc1Cc1ccc(O)cc1. The van der Waals surface area contributed by atoms with E-state index in [4.69, 9.17) is 5.11 Å². The normalized spacial score (nSPS) is 11.0. The predicted octanol–water partition coefficient (Wildman–Crippen LogP) is 3.17. The summed E-state index contributed by atoms with van der Waals surface area (Å²) in [6.45, 7) is 1.64. The molecule has 3 nitrogen and oxygen atoms in total. The van der Waals surface area contributed by atoms with Crippen LogP contribution in [0.1, 0.15) is 16.7 Å². The second-order valence-electron chi connectivity index (χ2n) is 5.22. The van der Waals surface area contributed by atoms with Crippen LogP contribution in [0.15, 0.2) is 46.9 Å². The second kappa shape index (κ2) is 7.59. The molecule has 0 spiro atoms. The molecule has 0 heterocycles. The highest BCUT2D eigenvalue weighted by molar-refractivity contribution is 9.10. The molecule has 112 valence electrons. The minimum atomic E-state index is 0.167. The third kappa shape index (κ3) is 4.84. The van der Waals surface area contributed by atoms with E-state index in [1.807, 2.05) is 25.2 Å². The summed E-state index contributed by atoms with van der Waals surface area (Å²) in [5.74, 6) is 0.288. The Hall–Kier alpha value is -1.36. The van der Waals surface area contributed by atoms with Crippen LogP contribution in [0.2, 0.25) is 0 Å². The van der Waals surface area contributed by atoms with E-state index in [-0.39, 0.29) is 12.4 Å². The number of hydrogen-bond donors (Lipinski definition) is 2. The van der Waals surface area contributed by atoms with Crippen LogP contribution in [0.3, 0.4) is 0 Å². The molecule has 0 radical (unpaired) electrons. The molecule has 4 heteroatoms. The number of hydrogen-bond acceptors (Lipinski definition) is 3. The lowest BCUT2D eigenvalue weighted by Crippen LogP contribution is -2.22. The van der Waals surface area contributed by atoms with E-state index in [9.17, 15) is 5.11 Å². The van der Waals surface area contributed by atoms with Crippen LogP contribution in [0, 0.1) is 0 Å². The van der Waals surface area contributed by atoms with Gasteiger partial charge in [-0.25, -0.2) is 0 Å². The first-order valence-electron chi connectivity index (χ1n) is 6.93. The monoisotopic (exact) mass is 349 g/mol. The van der Waals surface area contributed by atoms with Crippen LogP contribution in [0.5, 0.6) is 5.75 Å². The summed E-state index contributed by atoms with van der Waals surface area (Å²) in [4.78, 5) is 2.10.